The highest BCUT2D eigenvalue weighted by atomic mass is 16.5. The molecule has 0 saturated carbocycles. The molecule has 166 valence electrons. The molecule has 0 fully saturated rings. The molecule has 0 aliphatic carbocycles. The molecule has 9 nitrogen and oxygen atoms in total. The number of carbonyl (C=O) groups is 3. The maximum Gasteiger partial charge on any atom is 0.337 e. The lowest BCUT2D eigenvalue weighted by Gasteiger charge is -2.12. The van der Waals surface area contributed by atoms with Crippen LogP contribution < -0.4 is 15.4 Å². The Hall–Kier alpha value is -4.14. The Morgan fingerprint density at radius 1 is 1.00 bits per heavy atom. The van der Waals surface area contributed by atoms with Gasteiger partial charge in [-0.15, -0.1) is 0 Å². The Kier molecular flexibility index (Phi) is 6.89. The fraction of sp³-hybridized carbons (Fsp3) is 0.217. The van der Waals surface area contributed by atoms with E-state index in [2.05, 4.69) is 15.7 Å². The van der Waals surface area contributed by atoms with Crippen molar-refractivity contribution in [3.63, 3.8) is 0 Å². The summed E-state index contributed by atoms with van der Waals surface area (Å²) in [5.74, 6) is -0.664. The molecule has 0 bridgehead atoms. The van der Waals surface area contributed by atoms with Crippen LogP contribution in [0.2, 0.25) is 0 Å². The molecule has 32 heavy (non-hydrogen) atoms. The number of benzene rings is 2. The molecule has 9 heteroatoms. The Labute approximate surface area is 185 Å². The van der Waals surface area contributed by atoms with Crippen LogP contribution in [0.4, 0.5) is 5.69 Å². The Bertz CT molecular complexity index is 1170. The third-order valence-electron chi connectivity index (χ3n) is 4.69. The second kappa shape index (κ2) is 9.78. The third kappa shape index (κ3) is 5.31. The number of hydrogen-bond donors (Lipinski definition) is 2. The van der Waals surface area contributed by atoms with E-state index >= 15 is 0 Å². The van der Waals surface area contributed by atoms with Crippen LogP contribution in [-0.2, 0) is 18.3 Å². The molecule has 0 atom stereocenters. The summed E-state index contributed by atoms with van der Waals surface area (Å²) < 4.78 is 11.4. The van der Waals surface area contributed by atoms with Gasteiger partial charge in [-0.1, -0.05) is 6.07 Å². The van der Waals surface area contributed by atoms with Crippen molar-refractivity contribution in [1.82, 2.24) is 15.1 Å². The summed E-state index contributed by atoms with van der Waals surface area (Å²) in [4.78, 5) is 37.3. The van der Waals surface area contributed by atoms with Crippen LogP contribution in [0.1, 0.15) is 42.5 Å². The fourth-order valence-electron chi connectivity index (χ4n) is 3.17. The molecule has 3 rings (SSSR count). The maximum atomic E-state index is 12.7. The summed E-state index contributed by atoms with van der Waals surface area (Å²) >= 11 is 0. The molecule has 2 amide bonds. The lowest BCUT2D eigenvalue weighted by atomic mass is 10.1. The normalized spacial score (nSPS) is 10.4. The zero-order valence-corrected chi connectivity index (χ0v) is 18.3. The van der Waals surface area contributed by atoms with Gasteiger partial charge in [0.05, 0.1) is 25.5 Å². The van der Waals surface area contributed by atoms with E-state index in [1.54, 1.807) is 56.4 Å². The molecule has 2 N–H and O–H groups in total. The summed E-state index contributed by atoms with van der Waals surface area (Å²) in [5.41, 5.74) is 2.77. The number of hydrogen-bond acceptors (Lipinski definition) is 6. The average molecular weight is 436 g/mol. The van der Waals surface area contributed by atoms with E-state index in [1.165, 1.54) is 25.0 Å². The highest BCUT2D eigenvalue weighted by Crippen LogP contribution is 2.18. The zero-order chi connectivity index (χ0) is 23.3. The number of anilines is 1. The molecule has 1 aromatic heterocycles. The molecule has 0 radical (unpaired) electrons. The second-order valence-corrected chi connectivity index (χ2v) is 7.07. The van der Waals surface area contributed by atoms with Crippen molar-refractivity contribution < 1.29 is 23.9 Å². The van der Waals surface area contributed by atoms with Crippen LogP contribution >= 0.6 is 0 Å². The number of aromatic nitrogens is 2. The van der Waals surface area contributed by atoms with Gasteiger partial charge in [0.2, 0.25) is 0 Å². The first-order chi connectivity index (χ1) is 15.3. The first-order valence-electron chi connectivity index (χ1n) is 9.77. The van der Waals surface area contributed by atoms with Gasteiger partial charge in [0.25, 0.3) is 11.8 Å². The summed E-state index contributed by atoms with van der Waals surface area (Å²) in [6, 6.07) is 13.2. The van der Waals surface area contributed by atoms with Gasteiger partial charge in [0, 0.05) is 24.8 Å². The van der Waals surface area contributed by atoms with Crippen molar-refractivity contribution >= 4 is 23.5 Å². The maximum absolute atomic E-state index is 12.7. The van der Waals surface area contributed by atoms with Gasteiger partial charge in [0.1, 0.15) is 11.4 Å². The fourth-order valence-corrected chi connectivity index (χ4v) is 3.17. The van der Waals surface area contributed by atoms with Gasteiger partial charge < -0.3 is 20.1 Å². The topological polar surface area (TPSA) is 112 Å². The summed E-state index contributed by atoms with van der Waals surface area (Å²) in [5, 5.41) is 9.74. The average Bonchev–Trinajstić information content (AvgIpc) is 3.14. The lowest BCUT2D eigenvalue weighted by Crippen LogP contribution is -2.23. The highest BCUT2D eigenvalue weighted by molar-refractivity contribution is 6.04. The lowest BCUT2D eigenvalue weighted by molar-refractivity contribution is 0.0600. The third-order valence-corrected chi connectivity index (χ3v) is 4.69. The van der Waals surface area contributed by atoms with E-state index in [4.69, 9.17) is 9.47 Å². The van der Waals surface area contributed by atoms with Crippen LogP contribution in [0.25, 0.3) is 0 Å². The van der Waals surface area contributed by atoms with Gasteiger partial charge in [0.15, 0.2) is 0 Å². The number of ether oxygens (including phenoxy) is 2. The zero-order valence-electron chi connectivity index (χ0n) is 18.3. The van der Waals surface area contributed by atoms with E-state index in [0.717, 1.165) is 0 Å². The Balaban J connectivity index is 1.80. The number of nitrogens with one attached hydrogen (secondary N) is 2. The molecule has 3 aromatic rings. The number of rotatable bonds is 7. The van der Waals surface area contributed by atoms with Crippen molar-refractivity contribution in [2.75, 3.05) is 19.5 Å². The van der Waals surface area contributed by atoms with E-state index in [9.17, 15) is 14.4 Å². The number of esters is 1. The summed E-state index contributed by atoms with van der Waals surface area (Å²) in [7, 11) is 4.47. The van der Waals surface area contributed by atoms with Crippen LogP contribution in [0.15, 0.2) is 48.5 Å². The molecular formula is C23H24N4O5. The number of methoxy groups -OCH3 is 2. The van der Waals surface area contributed by atoms with E-state index in [1.807, 2.05) is 0 Å². The largest absolute Gasteiger partial charge is 0.497 e. The molecule has 0 unspecified atom stereocenters. The smallest absolute Gasteiger partial charge is 0.337 e. The van der Waals surface area contributed by atoms with Crippen molar-refractivity contribution in [3.8, 4) is 5.75 Å². The predicted octanol–water partition coefficient (Wildman–Crippen LogP) is 2.71. The molecule has 0 spiro atoms. The predicted molar refractivity (Wildman–Crippen MR) is 118 cm³/mol. The van der Waals surface area contributed by atoms with E-state index < -0.39 is 5.97 Å². The first-order valence-corrected chi connectivity index (χ1v) is 9.77. The minimum Gasteiger partial charge on any atom is -0.497 e. The van der Waals surface area contributed by atoms with Gasteiger partial charge in [-0.25, -0.2) is 4.79 Å². The molecular weight excluding hydrogens is 412 g/mol. The van der Waals surface area contributed by atoms with Crippen LogP contribution in [0, 0.1) is 6.92 Å². The van der Waals surface area contributed by atoms with Gasteiger partial charge in [-0.2, -0.15) is 5.10 Å². The second-order valence-electron chi connectivity index (χ2n) is 7.07. The standard InChI is InChI=1S/C23H24N4O5/c1-14-8-20(27(2)26-14)22(29)25-18-10-15(9-17(11-18)23(30)32-4)13-24-21(28)16-6-5-7-19(12-16)31-3/h5-12H,13H2,1-4H3,(H,24,28)(H,25,29). The number of aryl methyl sites for hydroxylation is 2. The number of carbonyl (C=O) groups excluding carboxylic acids is 3. The Morgan fingerprint density at radius 2 is 1.78 bits per heavy atom. The molecule has 0 aliphatic heterocycles. The minimum absolute atomic E-state index is 0.133. The number of amides is 2. The molecule has 0 aliphatic rings. The van der Waals surface area contributed by atoms with Crippen LogP contribution in [0.5, 0.6) is 5.75 Å². The number of nitrogens with zero attached hydrogens (tertiary/aromatic N) is 2. The van der Waals surface area contributed by atoms with Crippen molar-refractivity contribution in [2.24, 2.45) is 7.05 Å². The van der Waals surface area contributed by atoms with Crippen molar-refractivity contribution in [3.05, 3.63) is 76.6 Å². The van der Waals surface area contributed by atoms with Gasteiger partial charge >= 0.3 is 5.97 Å². The SMILES string of the molecule is COC(=O)c1cc(CNC(=O)c2cccc(OC)c2)cc(NC(=O)c2cc(C)nn2C)c1. The minimum atomic E-state index is -0.558. The van der Waals surface area contributed by atoms with Crippen molar-refractivity contribution in [2.45, 2.75) is 13.5 Å². The van der Waals surface area contributed by atoms with E-state index in [-0.39, 0.29) is 23.9 Å². The first kappa shape index (κ1) is 22.5. The molecule has 2 aromatic carbocycles. The summed E-state index contributed by atoms with van der Waals surface area (Å²) in [6.07, 6.45) is 0. The highest BCUT2D eigenvalue weighted by Gasteiger charge is 2.15. The monoisotopic (exact) mass is 436 g/mol. The quantitative estimate of drug-likeness (QED) is 0.551. The molecule has 0 saturated heterocycles. The summed E-state index contributed by atoms with van der Waals surface area (Å²) in [6.45, 7) is 1.92. The molecule has 1 heterocycles. The van der Waals surface area contributed by atoms with Gasteiger partial charge in [-0.05, 0) is 55.0 Å². The van der Waals surface area contributed by atoms with Crippen LogP contribution in [-0.4, -0.2) is 41.8 Å². The Morgan fingerprint density at radius 3 is 2.44 bits per heavy atom. The van der Waals surface area contributed by atoms with Crippen molar-refractivity contribution in [1.29, 1.82) is 0 Å². The van der Waals surface area contributed by atoms with Crippen LogP contribution in [0.3, 0.4) is 0 Å². The van der Waals surface area contributed by atoms with E-state index in [0.29, 0.717) is 34.0 Å². The van der Waals surface area contributed by atoms with Gasteiger partial charge in [-0.3, -0.25) is 14.3 Å².